The molecule has 19 heavy (non-hydrogen) atoms. The van der Waals surface area contributed by atoms with Gasteiger partial charge in [0.1, 0.15) is 0 Å². The predicted molar refractivity (Wildman–Crippen MR) is 69.5 cm³/mol. The summed E-state index contributed by atoms with van der Waals surface area (Å²) < 4.78 is 0. The summed E-state index contributed by atoms with van der Waals surface area (Å²) in [6, 6.07) is 0.00836. The third-order valence-electron chi connectivity index (χ3n) is 2.96. The van der Waals surface area contributed by atoms with Crippen molar-refractivity contribution in [1.82, 2.24) is 14.9 Å². The van der Waals surface area contributed by atoms with Crippen molar-refractivity contribution in [2.45, 2.75) is 38.6 Å². The van der Waals surface area contributed by atoms with Gasteiger partial charge in [-0.05, 0) is 13.3 Å². The normalized spacial score (nSPS) is 11.9. The molecule has 6 nitrogen and oxygen atoms in total. The molecule has 0 saturated carbocycles. The zero-order valence-corrected chi connectivity index (χ0v) is 11.2. The van der Waals surface area contributed by atoms with E-state index in [9.17, 15) is 9.59 Å². The van der Waals surface area contributed by atoms with Crippen LogP contribution in [0.4, 0.5) is 0 Å². The number of hydrogen-bond donors (Lipinski definition) is 1. The van der Waals surface area contributed by atoms with Crippen molar-refractivity contribution < 1.29 is 14.7 Å². The molecule has 1 amide bonds. The fraction of sp³-hybridized carbons (Fsp3) is 0.538. The van der Waals surface area contributed by atoms with Gasteiger partial charge >= 0.3 is 5.97 Å². The zero-order valence-electron chi connectivity index (χ0n) is 11.2. The van der Waals surface area contributed by atoms with Gasteiger partial charge in [0.15, 0.2) is 0 Å². The molecule has 1 N–H and O–H groups in total. The first-order chi connectivity index (χ1) is 9.00. The van der Waals surface area contributed by atoms with Crippen molar-refractivity contribution in [3.63, 3.8) is 0 Å². The molecule has 1 aromatic rings. The first-order valence-corrected chi connectivity index (χ1v) is 6.23. The maximum atomic E-state index is 11.9. The van der Waals surface area contributed by atoms with Gasteiger partial charge in [0.05, 0.1) is 5.69 Å². The van der Waals surface area contributed by atoms with E-state index >= 15 is 0 Å². The average Bonchev–Trinajstić information content (AvgIpc) is 2.38. The van der Waals surface area contributed by atoms with Crippen LogP contribution in [-0.2, 0) is 16.0 Å². The minimum Gasteiger partial charge on any atom is -0.481 e. The molecule has 1 rings (SSSR count). The molecule has 1 atom stereocenters. The highest BCUT2D eigenvalue weighted by molar-refractivity contribution is 5.77. The van der Waals surface area contributed by atoms with E-state index in [0.717, 1.165) is 5.69 Å². The fourth-order valence-corrected chi connectivity index (χ4v) is 1.69. The molecular formula is C13H19N3O3. The largest absolute Gasteiger partial charge is 0.481 e. The van der Waals surface area contributed by atoms with Gasteiger partial charge in [0.25, 0.3) is 0 Å². The number of amides is 1. The summed E-state index contributed by atoms with van der Waals surface area (Å²) in [5.41, 5.74) is 0.834. The second kappa shape index (κ2) is 7.45. The van der Waals surface area contributed by atoms with Crippen LogP contribution in [0.5, 0.6) is 0 Å². The van der Waals surface area contributed by atoms with Gasteiger partial charge in [0, 0.05) is 50.9 Å². The van der Waals surface area contributed by atoms with Crippen LogP contribution in [-0.4, -0.2) is 44.9 Å². The number of nitrogens with zero attached hydrogens (tertiary/aromatic N) is 3. The molecule has 0 fully saturated rings. The van der Waals surface area contributed by atoms with E-state index in [-0.39, 0.29) is 24.8 Å². The van der Waals surface area contributed by atoms with Gasteiger partial charge in [-0.1, -0.05) is 0 Å². The first-order valence-electron chi connectivity index (χ1n) is 6.23. The van der Waals surface area contributed by atoms with E-state index in [1.54, 1.807) is 30.5 Å². The van der Waals surface area contributed by atoms with Gasteiger partial charge in [-0.25, -0.2) is 0 Å². The standard InChI is InChI=1S/C13H19N3O3/c1-10(8-11-9-14-6-7-15-11)16(2)12(17)4-3-5-13(18)19/h6-7,9-10H,3-5,8H2,1-2H3,(H,18,19)/t10-/m1/s1. The molecule has 0 bridgehead atoms. The van der Waals surface area contributed by atoms with Gasteiger partial charge in [-0.15, -0.1) is 0 Å². The van der Waals surface area contributed by atoms with Crippen LogP contribution in [0.25, 0.3) is 0 Å². The van der Waals surface area contributed by atoms with Crippen LogP contribution in [0.15, 0.2) is 18.6 Å². The molecule has 0 saturated heterocycles. The smallest absolute Gasteiger partial charge is 0.303 e. The molecule has 0 spiro atoms. The Hall–Kier alpha value is -1.98. The lowest BCUT2D eigenvalue weighted by Crippen LogP contribution is -2.36. The summed E-state index contributed by atoms with van der Waals surface area (Å²) >= 11 is 0. The Bertz CT molecular complexity index is 422. The van der Waals surface area contributed by atoms with Crippen molar-refractivity contribution in [2.24, 2.45) is 0 Å². The summed E-state index contributed by atoms with van der Waals surface area (Å²) in [7, 11) is 1.73. The molecule has 1 aromatic heterocycles. The Labute approximate surface area is 112 Å². The summed E-state index contributed by atoms with van der Waals surface area (Å²) in [4.78, 5) is 32.0. The number of carbonyl (C=O) groups excluding carboxylic acids is 1. The third kappa shape index (κ3) is 5.46. The SMILES string of the molecule is C[C@H](Cc1cnccn1)N(C)C(=O)CCCC(=O)O. The lowest BCUT2D eigenvalue weighted by Gasteiger charge is -2.24. The van der Waals surface area contributed by atoms with E-state index < -0.39 is 5.97 Å². The number of hydrogen-bond acceptors (Lipinski definition) is 4. The number of likely N-dealkylation sites (N-methyl/N-ethyl adjacent to an activating group) is 1. The third-order valence-corrected chi connectivity index (χ3v) is 2.96. The van der Waals surface area contributed by atoms with E-state index in [1.165, 1.54) is 0 Å². The van der Waals surface area contributed by atoms with Gasteiger partial charge in [-0.3, -0.25) is 19.6 Å². The lowest BCUT2D eigenvalue weighted by molar-refractivity contribution is -0.137. The maximum Gasteiger partial charge on any atom is 0.303 e. The van der Waals surface area contributed by atoms with E-state index in [2.05, 4.69) is 9.97 Å². The summed E-state index contributed by atoms with van der Waals surface area (Å²) in [5.74, 6) is -0.916. The topological polar surface area (TPSA) is 83.4 Å². The van der Waals surface area contributed by atoms with Crippen molar-refractivity contribution >= 4 is 11.9 Å². The molecule has 6 heteroatoms. The monoisotopic (exact) mass is 265 g/mol. The van der Waals surface area contributed by atoms with Crippen molar-refractivity contribution in [1.29, 1.82) is 0 Å². The molecule has 0 aromatic carbocycles. The van der Waals surface area contributed by atoms with E-state index in [4.69, 9.17) is 5.11 Å². The second-order valence-corrected chi connectivity index (χ2v) is 4.50. The van der Waals surface area contributed by atoms with Crippen LogP contribution in [0, 0.1) is 0 Å². The lowest BCUT2D eigenvalue weighted by atomic mass is 10.1. The number of aliphatic carboxylic acids is 1. The second-order valence-electron chi connectivity index (χ2n) is 4.50. The Morgan fingerprint density at radius 1 is 1.37 bits per heavy atom. The summed E-state index contributed by atoms with van der Waals surface area (Å²) in [6.07, 6.45) is 6.20. The molecule has 0 aliphatic carbocycles. The van der Waals surface area contributed by atoms with E-state index in [0.29, 0.717) is 12.8 Å². The highest BCUT2D eigenvalue weighted by Gasteiger charge is 2.16. The number of carboxylic acid groups (broad SMARTS) is 1. The highest BCUT2D eigenvalue weighted by atomic mass is 16.4. The molecule has 1 heterocycles. The molecule has 0 radical (unpaired) electrons. The number of aromatic nitrogens is 2. The Morgan fingerprint density at radius 3 is 2.68 bits per heavy atom. The van der Waals surface area contributed by atoms with Crippen LogP contribution in [0.1, 0.15) is 31.9 Å². The van der Waals surface area contributed by atoms with Crippen LogP contribution >= 0.6 is 0 Å². The zero-order chi connectivity index (χ0) is 14.3. The van der Waals surface area contributed by atoms with Crippen LogP contribution < -0.4 is 0 Å². The molecule has 104 valence electrons. The predicted octanol–water partition coefficient (Wildman–Crippen LogP) is 1.12. The quantitative estimate of drug-likeness (QED) is 0.798. The number of carbonyl (C=O) groups is 2. The minimum absolute atomic E-state index is 0.00836. The van der Waals surface area contributed by atoms with E-state index in [1.807, 2.05) is 6.92 Å². The Kier molecular flexibility index (Phi) is 5.92. The van der Waals surface area contributed by atoms with Crippen molar-refractivity contribution in [3.05, 3.63) is 24.3 Å². The molecule has 0 aliphatic rings. The van der Waals surface area contributed by atoms with Gasteiger partial charge in [0.2, 0.25) is 5.91 Å². The van der Waals surface area contributed by atoms with Gasteiger partial charge < -0.3 is 10.0 Å². The van der Waals surface area contributed by atoms with Crippen molar-refractivity contribution in [3.8, 4) is 0 Å². The molecule has 0 aliphatic heterocycles. The van der Waals surface area contributed by atoms with Crippen molar-refractivity contribution in [2.75, 3.05) is 7.05 Å². The number of rotatable bonds is 7. The Morgan fingerprint density at radius 2 is 2.11 bits per heavy atom. The fourth-order valence-electron chi connectivity index (χ4n) is 1.69. The molecular weight excluding hydrogens is 246 g/mol. The Balaban J connectivity index is 2.41. The van der Waals surface area contributed by atoms with Crippen LogP contribution in [0.2, 0.25) is 0 Å². The summed E-state index contributed by atoms with van der Waals surface area (Å²) in [6.45, 7) is 1.93. The average molecular weight is 265 g/mol. The number of carboxylic acids is 1. The maximum absolute atomic E-state index is 11.9. The highest BCUT2D eigenvalue weighted by Crippen LogP contribution is 2.07. The first kappa shape index (κ1) is 15.1. The summed E-state index contributed by atoms with van der Waals surface area (Å²) in [5, 5.41) is 8.53. The minimum atomic E-state index is -0.872. The van der Waals surface area contributed by atoms with Gasteiger partial charge in [-0.2, -0.15) is 0 Å². The molecule has 0 unspecified atom stereocenters. The van der Waals surface area contributed by atoms with Crippen LogP contribution in [0.3, 0.4) is 0 Å².